The van der Waals surface area contributed by atoms with Crippen molar-refractivity contribution < 1.29 is 33.9 Å². The summed E-state index contributed by atoms with van der Waals surface area (Å²) in [7, 11) is 3.58. The lowest BCUT2D eigenvalue weighted by molar-refractivity contribution is -0.428. The number of carbonyl (C=O) groups excluding carboxylic acids is 3. The first-order valence-corrected chi connectivity index (χ1v) is 14.2. The molecule has 12 heteroatoms. The summed E-state index contributed by atoms with van der Waals surface area (Å²) in [5, 5.41) is 25.8. The predicted octanol–water partition coefficient (Wildman–Crippen LogP) is 3.48. The summed E-state index contributed by atoms with van der Waals surface area (Å²) in [4.78, 5) is 47.7. The number of ether oxygens (including phenoxy) is 2. The number of esters is 1. The number of nitrogens with zero attached hydrogens (tertiary/aromatic N) is 2. The van der Waals surface area contributed by atoms with Crippen molar-refractivity contribution in [3.63, 3.8) is 0 Å². The third kappa shape index (κ3) is 6.41. The highest BCUT2D eigenvalue weighted by atomic mass is 16.6. The third-order valence-corrected chi connectivity index (χ3v) is 7.44. The van der Waals surface area contributed by atoms with Crippen molar-refractivity contribution in [3.05, 3.63) is 123 Å². The zero-order valence-electron chi connectivity index (χ0n) is 24.7. The van der Waals surface area contributed by atoms with Crippen molar-refractivity contribution in [2.24, 2.45) is 5.92 Å². The Kier molecular flexibility index (Phi) is 8.96. The van der Waals surface area contributed by atoms with Crippen molar-refractivity contribution >= 4 is 17.8 Å². The van der Waals surface area contributed by atoms with Gasteiger partial charge in [0, 0.05) is 41.9 Å². The Bertz CT molecular complexity index is 1720. The van der Waals surface area contributed by atoms with Gasteiger partial charge in [-0.05, 0) is 38.4 Å². The molecule has 2 unspecified atom stereocenters. The van der Waals surface area contributed by atoms with Gasteiger partial charge in [0.25, 0.3) is 0 Å². The van der Waals surface area contributed by atoms with Crippen molar-refractivity contribution in [3.8, 4) is 17.2 Å². The van der Waals surface area contributed by atoms with Crippen molar-refractivity contribution in [2.75, 3.05) is 33.7 Å². The maximum atomic E-state index is 12.5. The van der Waals surface area contributed by atoms with Crippen LogP contribution >= 0.6 is 0 Å². The number of likely N-dealkylation sites (N-methyl/N-ethyl adjacent to an activating group) is 1. The molecular weight excluding hydrogens is 580 g/mol. The first-order valence-electron chi connectivity index (χ1n) is 14.2. The number of phenolic OH excluding ortho intramolecular Hbond substituents is 1. The molecule has 0 aromatic heterocycles. The van der Waals surface area contributed by atoms with Crippen molar-refractivity contribution in [2.45, 2.75) is 12.0 Å². The molecule has 3 aliphatic rings. The molecule has 0 radical (unpaired) electrons. The molecule has 2 heterocycles. The second kappa shape index (κ2) is 13.0. The number of nitro groups is 1. The molecule has 1 aliphatic carbocycles. The number of benzene rings is 3. The van der Waals surface area contributed by atoms with E-state index in [1.807, 2.05) is 42.5 Å². The zero-order valence-corrected chi connectivity index (χ0v) is 24.7. The Hall–Kier alpha value is -5.49. The lowest BCUT2D eigenvalue weighted by Crippen LogP contribution is -2.40. The fourth-order valence-corrected chi connectivity index (χ4v) is 5.45. The van der Waals surface area contributed by atoms with Crippen LogP contribution in [0.4, 0.5) is 0 Å². The monoisotopic (exact) mass is 612 g/mol. The van der Waals surface area contributed by atoms with E-state index in [1.165, 1.54) is 12.2 Å². The number of para-hydroxylation sites is 1. The van der Waals surface area contributed by atoms with E-state index in [1.54, 1.807) is 49.3 Å². The van der Waals surface area contributed by atoms with E-state index in [-0.39, 0.29) is 42.2 Å². The molecule has 3 aromatic rings. The van der Waals surface area contributed by atoms with Gasteiger partial charge in [0.2, 0.25) is 17.5 Å². The van der Waals surface area contributed by atoms with Crippen molar-refractivity contribution in [1.29, 1.82) is 0 Å². The molecule has 0 saturated carbocycles. The molecule has 3 N–H and O–H groups in total. The summed E-state index contributed by atoms with van der Waals surface area (Å²) in [6, 6.07) is 19.7. The van der Waals surface area contributed by atoms with E-state index >= 15 is 0 Å². The third-order valence-electron chi connectivity index (χ3n) is 7.44. The van der Waals surface area contributed by atoms with Crippen LogP contribution in [0.25, 0.3) is 0 Å². The maximum absolute atomic E-state index is 12.5. The van der Waals surface area contributed by atoms with Gasteiger partial charge in [-0.1, -0.05) is 48.6 Å². The normalized spacial score (nSPS) is 18.7. The average Bonchev–Trinajstić information content (AvgIpc) is 3.31. The highest BCUT2D eigenvalue weighted by Gasteiger charge is 2.53. The molecule has 0 fully saturated rings. The van der Waals surface area contributed by atoms with Gasteiger partial charge in [0.05, 0.1) is 29.4 Å². The maximum Gasteiger partial charge on any atom is 0.340 e. The molecule has 2 aliphatic heterocycles. The Morgan fingerprint density at radius 3 is 2.44 bits per heavy atom. The van der Waals surface area contributed by atoms with E-state index in [2.05, 4.69) is 10.6 Å². The van der Waals surface area contributed by atoms with Crippen LogP contribution in [-0.2, 0) is 19.9 Å². The first-order chi connectivity index (χ1) is 21.6. The zero-order chi connectivity index (χ0) is 32.1. The Morgan fingerprint density at radius 2 is 1.69 bits per heavy atom. The van der Waals surface area contributed by atoms with Crippen LogP contribution in [0.5, 0.6) is 17.2 Å². The second-order valence-corrected chi connectivity index (χ2v) is 10.9. The largest absolute Gasteiger partial charge is 0.508 e. The molecule has 1 spiro atoms. The van der Waals surface area contributed by atoms with Gasteiger partial charge in [0.15, 0.2) is 5.60 Å². The molecule has 232 valence electrons. The number of amides is 2. The van der Waals surface area contributed by atoms with Gasteiger partial charge >= 0.3 is 5.97 Å². The number of fused-ring (bicyclic) bond motifs is 6. The number of hydrogen-bond acceptors (Lipinski definition) is 9. The molecule has 2 amide bonds. The molecule has 0 bridgehead atoms. The van der Waals surface area contributed by atoms with Gasteiger partial charge in [-0.15, -0.1) is 0 Å². The minimum absolute atomic E-state index is 0.0249. The molecule has 3 aromatic carbocycles. The number of allylic oxidation sites excluding steroid dienone is 3. The number of aromatic hydroxyl groups is 1. The molecular formula is C33H32N4O8. The molecule has 45 heavy (non-hydrogen) atoms. The number of rotatable bonds is 7. The first kappa shape index (κ1) is 31.0. The molecule has 6 rings (SSSR count). The smallest absolute Gasteiger partial charge is 0.340 e. The second-order valence-electron chi connectivity index (χ2n) is 10.9. The fraction of sp³-hybridized carbons (Fsp3) is 0.242. The summed E-state index contributed by atoms with van der Waals surface area (Å²) >= 11 is 0. The van der Waals surface area contributed by atoms with Gasteiger partial charge in [0.1, 0.15) is 17.2 Å². The Balaban J connectivity index is 0.000000180. The lowest BCUT2D eigenvalue weighted by atomic mass is 9.78. The summed E-state index contributed by atoms with van der Waals surface area (Å²) in [5.74, 6) is -0.0978. The van der Waals surface area contributed by atoms with Gasteiger partial charge in [-0.2, -0.15) is 0 Å². The van der Waals surface area contributed by atoms with E-state index in [0.717, 1.165) is 11.1 Å². The minimum atomic E-state index is -1.05. The molecule has 12 nitrogen and oxygen atoms in total. The average molecular weight is 613 g/mol. The highest BCUT2D eigenvalue weighted by molar-refractivity contribution is 5.97. The summed E-state index contributed by atoms with van der Waals surface area (Å²) in [6.45, 7) is 0.906. The van der Waals surface area contributed by atoms with E-state index in [0.29, 0.717) is 35.7 Å². The fourth-order valence-electron chi connectivity index (χ4n) is 5.45. The van der Waals surface area contributed by atoms with E-state index in [9.17, 15) is 29.6 Å². The number of hydrogen-bond donors (Lipinski definition) is 3. The van der Waals surface area contributed by atoms with Crippen LogP contribution in [0.1, 0.15) is 33.5 Å². The number of nitrogens with one attached hydrogen (secondary N) is 2. The Labute approximate surface area is 259 Å². The van der Waals surface area contributed by atoms with E-state index < -0.39 is 16.4 Å². The van der Waals surface area contributed by atoms with Gasteiger partial charge in [-0.25, -0.2) is 4.79 Å². The van der Waals surface area contributed by atoms with Gasteiger partial charge in [-0.3, -0.25) is 19.7 Å². The standard InChI is InChI=1S/C20H12O4.C13H20N4O4/c21-12-9-10-16-18(11-12)23-17-8-4-3-7-15(17)20(16)14-6-2-1-5-13(14)19(22)24-20;1-16(2)9-12(18)14-6-7-15-13(19)10-4-3-5-11(8-10)17(20)21/h1-11,21H;3-5,10H,6-9H2,1-2H3,(H,14,18)(H,15,19). The van der Waals surface area contributed by atoms with Crippen molar-refractivity contribution in [1.82, 2.24) is 15.5 Å². The van der Waals surface area contributed by atoms with Crippen LogP contribution in [0, 0.1) is 16.0 Å². The minimum Gasteiger partial charge on any atom is -0.508 e. The van der Waals surface area contributed by atoms with Crippen LogP contribution in [0.3, 0.4) is 0 Å². The van der Waals surface area contributed by atoms with Crippen LogP contribution in [0.2, 0.25) is 0 Å². The predicted molar refractivity (Wildman–Crippen MR) is 163 cm³/mol. The lowest BCUT2D eigenvalue weighted by Gasteiger charge is -2.36. The quantitative estimate of drug-likeness (QED) is 0.157. The summed E-state index contributed by atoms with van der Waals surface area (Å²) in [6.07, 6.45) is 4.63. The van der Waals surface area contributed by atoms with E-state index in [4.69, 9.17) is 9.47 Å². The number of phenols is 1. The summed E-state index contributed by atoms with van der Waals surface area (Å²) < 4.78 is 11.9. The van der Waals surface area contributed by atoms with Gasteiger partial charge < -0.3 is 30.1 Å². The highest BCUT2D eigenvalue weighted by Crippen LogP contribution is 2.56. The number of carbonyl (C=O) groups is 3. The Morgan fingerprint density at radius 1 is 1.00 bits per heavy atom. The van der Waals surface area contributed by atoms with Crippen LogP contribution in [0.15, 0.2) is 90.7 Å². The summed E-state index contributed by atoms with van der Waals surface area (Å²) in [5.41, 5.74) is 1.80. The van der Waals surface area contributed by atoms with Crippen LogP contribution in [-0.4, -0.2) is 66.4 Å². The SMILES string of the molecule is CN(C)CC(=O)NCCNC(=O)C1C=CC=C([N+](=O)[O-])C1.O=C1OC2(c3ccccc3Oc3cc(O)ccc32)c2ccccc21. The van der Waals surface area contributed by atoms with Crippen LogP contribution < -0.4 is 15.4 Å². The molecule has 2 atom stereocenters. The topological polar surface area (TPSA) is 160 Å². The molecule has 0 saturated heterocycles.